The Morgan fingerprint density at radius 1 is 1.62 bits per heavy atom. The minimum atomic E-state index is -0.233. The van der Waals surface area contributed by atoms with Crippen molar-refractivity contribution in [2.75, 3.05) is 6.61 Å². The van der Waals surface area contributed by atoms with E-state index in [1.165, 1.54) is 0 Å². The van der Waals surface area contributed by atoms with Gasteiger partial charge in [-0.05, 0) is 12.1 Å². The molecule has 1 aliphatic rings. The van der Waals surface area contributed by atoms with Crippen molar-refractivity contribution in [3.8, 4) is 11.8 Å². The summed E-state index contributed by atoms with van der Waals surface area (Å²) in [6.45, 7) is 0.397. The highest BCUT2D eigenvalue weighted by Crippen LogP contribution is 2.39. The van der Waals surface area contributed by atoms with Gasteiger partial charge in [0.25, 0.3) is 0 Å². The Labute approximate surface area is 80.7 Å². The number of nitrogens with zero attached hydrogens (tertiary/aromatic N) is 1. The predicted octanol–water partition coefficient (Wildman–Crippen LogP) is 1.60. The third kappa shape index (κ3) is 1.15. The lowest BCUT2D eigenvalue weighted by Crippen LogP contribution is -2.11. The van der Waals surface area contributed by atoms with Gasteiger partial charge in [0, 0.05) is 5.56 Å². The van der Waals surface area contributed by atoms with Crippen LogP contribution in [0.25, 0.3) is 0 Å². The third-order valence-corrected chi connectivity index (χ3v) is 2.34. The van der Waals surface area contributed by atoms with Gasteiger partial charge >= 0.3 is 0 Å². The van der Waals surface area contributed by atoms with E-state index in [9.17, 15) is 0 Å². The molecule has 0 amide bonds. The zero-order valence-electron chi connectivity index (χ0n) is 6.75. The molecule has 1 aromatic rings. The largest absolute Gasteiger partial charge is 0.490 e. The summed E-state index contributed by atoms with van der Waals surface area (Å²) < 4.78 is 5.28. The topological polar surface area (TPSA) is 59.0 Å². The molecule has 0 aliphatic carbocycles. The van der Waals surface area contributed by atoms with E-state index in [-0.39, 0.29) is 6.04 Å². The smallest absolute Gasteiger partial charge is 0.144 e. The molecule has 1 aromatic carbocycles. The average Bonchev–Trinajstić information content (AvgIpc) is 2.51. The van der Waals surface area contributed by atoms with Crippen LogP contribution in [0.5, 0.6) is 5.75 Å². The van der Waals surface area contributed by atoms with Crippen LogP contribution >= 0.6 is 11.6 Å². The summed E-state index contributed by atoms with van der Waals surface area (Å²) in [6.07, 6.45) is 0. The van der Waals surface area contributed by atoms with Gasteiger partial charge in [-0.3, -0.25) is 0 Å². The van der Waals surface area contributed by atoms with Crippen LogP contribution in [-0.4, -0.2) is 6.61 Å². The van der Waals surface area contributed by atoms with Gasteiger partial charge < -0.3 is 10.5 Å². The summed E-state index contributed by atoms with van der Waals surface area (Å²) in [4.78, 5) is 0. The standard InChI is InChI=1S/C9H7ClN2O/c10-6-2-1-5(3-11)8-7(12)4-13-9(6)8/h1-2,7H,4,12H2. The van der Waals surface area contributed by atoms with Crippen molar-refractivity contribution in [3.05, 3.63) is 28.3 Å². The average molecular weight is 195 g/mol. The number of halogens is 1. The van der Waals surface area contributed by atoms with Crippen molar-refractivity contribution >= 4 is 11.6 Å². The number of hydrogen-bond donors (Lipinski definition) is 1. The Morgan fingerprint density at radius 3 is 3.08 bits per heavy atom. The highest BCUT2D eigenvalue weighted by Gasteiger charge is 2.26. The maximum absolute atomic E-state index is 8.81. The van der Waals surface area contributed by atoms with Crippen LogP contribution in [-0.2, 0) is 0 Å². The van der Waals surface area contributed by atoms with E-state index in [1.54, 1.807) is 12.1 Å². The van der Waals surface area contributed by atoms with Gasteiger partial charge in [-0.15, -0.1) is 0 Å². The van der Waals surface area contributed by atoms with E-state index in [0.717, 1.165) is 5.56 Å². The SMILES string of the molecule is N#Cc1ccc(Cl)c2c1C(N)CO2. The molecule has 0 saturated carbocycles. The van der Waals surface area contributed by atoms with Gasteiger partial charge in [-0.2, -0.15) is 5.26 Å². The number of nitrogens with two attached hydrogens (primary N) is 1. The zero-order valence-corrected chi connectivity index (χ0v) is 7.51. The van der Waals surface area contributed by atoms with E-state index < -0.39 is 0 Å². The van der Waals surface area contributed by atoms with Crippen LogP contribution < -0.4 is 10.5 Å². The van der Waals surface area contributed by atoms with E-state index in [4.69, 9.17) is 27.3 Å². The minimum Gasteiger partial charge on any atom is -0.490 e. The van der Waals surface area contributed by atoms with Crippen molar-refractivity contribution < 1.29 is 4.74 Å². The fourth-order valence-corrected chi connectivity index (χ4v) is 1.66. The summed E-state index contributed by atoms with van der Waals surface area (Å²) in [7, 11) is 0. The molecule has 0 saturated heterocycles. The van der Waals surface area contributed by atoms with Gasteiger partial charge in [-0.1, -0.05) is 11.6 Å². The quantitative estimate of drug-likeness (QED) is 0.683. The molecule has 66 valence electrons. The highest BCUT2D eigenvalue weighted by molar-refractivity contribution is 6.32. The maximum atomic E-state index is 8.81. The molecule has 1 aliphatic heterocycles. The molecule has 0 spiro atoms. The molecule has 1 unspecified atom stereocenters. The van der Waals surface area contributed by atoms with E-state index in [1.807, 2.05) is 0 Å². The highest BCUT2D eigenvalue weighted by atomic mass is 35.5. The number of benzene rings is 1. The lowest BCUT2D eigenvalue weighted by molar-refractivity contribution is 0.333. The molecular formula is C9H7ClN2O. The Hall–Kier alpha value is -1.24. The molecule has 1 heterocycles. The first-order chi connectivity index (χ1) is 6.24. The molecular weight excluding hydrogens is 188 g/mol. The fraction of sp³-hybridized carbons (Fsp3) is 0.222. The minimum absolute atomic E-state index is 0.233. The van der Waals surface area contributed by atoms with Gasteiger partial charge in [0.15, 0.2) is 0 Å². The van der Waals surface area contributed by atoms with Crippen molar-refractivity contribution in [1.82, 2.24) is 0 Å². The molecule has 2 rings (SSSR count). The second-order valence-corrected chi connectivity index (χ2v) is 3.27. The second kappa shape index (κ2) is 2.91. The van der Waals surface area contributed by atoms with Crippen LogP contribution in [0, 0.1) is 11.3 Å². The van der Waals surface area contributed by atoms with Gasteiger partial charge in [0.05, 0.1) is 22.7 Å². The van der Waals surface area contributed by atoms with E-state index >= 15 is 0 Å². The summed E-state index contributed by atoms with van der Waals surface area (Å²) in [5.41, 5.74) is 7.03. The van der Waals surface area contributed by atoms with Gasteiger partial charge in [-0.25, -0.2) is 0 Å². The number of fused-ring (bicyclic) bond motifs is 1. The number of rotatable bonds is 0. The van der Waals surface area contributed by atoms with E-state index in [2.05, 4.69) is 6.07 Å². The molecule has 3 nitrogen and oxygen atoms in total. The summed E-state index contributed by atoms with van der Waals surface area (Å²) in [5.74, 6) is 0.563. The molecule has 0 bridgehead atoms. The van der Waals surface area contributed by atoms with Crippen LogP contribution in [0.15, 0.2) is 12.1 Å². The Bertz CT molecular complexity index is 397. The first kappa shape index (κ1) is 8.36. The van der Waals surface area contributed by atoms with Crippen LogP contribution in [0.4, 0.5) is 0 Å². The summed E-state index contributed by atoms with van der Waals surface area (Å²) in [6, 6.07) is 5.15. The molecule has 0 fully saturated rings. The first-order valence-corrected chi connectivity index (χ1v) is 4.22. The number of ether oxygens (including phenoxy) is 1. The Balaban J connectivity index is 2.68. The van der Waals surface area contributed by atoms with Crippen LogP contribution in [0.2, 0.25) is 5.02 Å². The van der Waals surface area contributed by atoms with Crippen molar-refractivity contribution in [3.63, 3.8) is 0 Å². The summed E-state index contributed by atoms with van der Waals surface area (Å²) in [5, 5.41) is 9.32. The number of nitriles is 1. The number of hydrogen-bond acceptors (Lipinski definition) is 3. The fourth-order valence-electron chi connectivity index (χ4n) is 1.44. The van der Waals surface area contributed by atoms with Gasteiger partial charge in [0.1, 0.15) is 12.4 Å². The molecule has 13 heavy (non-hydrogen) atoms. The lowest BCUT2D eigenvalue weighted by atomic mass is 10.0. The van der Waals surface area contributed by atoms with Crippen molar-refractivity contribution in [2.45, 2.75) is 6.04 Å². The van der Waals surface area contributed by atoms with Crippen LogP contribution in [0.1, 0.15) is 17.2 Å². The molecule has 0 aromatic heterocycles. The Morgan fingerprint density at radius 2 is 2.38 bits per heavy atom. The van der Waals surface area contributed by atoms with Crippen molar-refractivity contribution in [1.29, 1.82) is 5.26 Å². The van der Waals surface area contributed by atoms with Crippen LogP contribution in [0.3, 0.4) is 0 Å². The maximum Gasteiger partial charge on any atom is 0.144 e. The normalized spacial score (nSPS) is 19.0. The summed E-state index contributed by atoms with van der Waals surface area (Å²) >= 11 is 5.87. The monoisotopic (exact) mass is 194 g/mol. The van der Waals surface area contributed by atoms with Crippen molar-refractivity contribution in [2.24, 2.45) is 5.73 Å². The second-order valence-electron chi connectivity index (χ2n) is 2.87. The lowest BCUT2D eigenvalue weighted by Gasteiger charge is -2.03. The first-order valence-electron chi connectivity index (χ1n) is 3.85. The molecule has 0 radical (unpaired) electrons. The zero-order chi connectivity index (χ0) is 9.42. The molecule has 1 atom stereocenters. The third-order valence-electron chi connectivity index (χ3n) is 2.05. The van der Waals surface area contributed by atoms with Gasteiger partial charge in [0.2, 0.25) is 0 Å². The molecule has 4 heteroatoms. The predicted molar refractivity (Wildman–Crippen MR) is 48.6 cm³/mol. The molecule has 2 N–H and O–H groups in total. The van der Waals surface area contributed by atoms with E-state index in [0.29, 0.717) is 22.9 Å². The Kier molecular flexibility index (Phi) is 1.87.